The van der Waals surface area contributed by atoms with Gasteiger partial charge in [0.15, 0.2) is 5.96 Å². The van der Waals surface area contributed by atoms with E-state index < -0.39 is 0 Å². The van der Waals surface area contributed by atoms with Crippen molar-refractivity contribution in [2.24, 2.45) is 4.99 Å². The van der Waals surface area contributed by atoms with Crippen LogP contribution in [0, 0.1) is 0 Å². The second-order valence-electron chi connectivity index (χ2n) is 7.26. The van der Waals surface area contributed by atoms with Gasteiger partial charge >= 0.3 is 0 Å². The molecular formula is C21H37N5O. The van der Waals surface area contributed by atoms with Gasteiger partial charge in [0.25, 0.3) is 0 Å². The second-order valence-corrected chi connectivity index (χ2v) is 7.26. The van der Waals surface area contributed by atoms with E-state index in [1.807, 2.05) is 18.2 Å². The van der Waals surface area contributed by atoms with Crippen LogP contribution < -0.4 is 10.1 Å². The van der Waals surface area contributed by atoms with Gasteiger partial charge in [0, 0.05) is 58.4 Å². The third kappa shape index (κ3) is 7.39. The quantitative estimate of drug-likeness (QED) is 0.407. The summed E-state index contributed by atoms with van der Waals surface area (Å²) in [5.41, 5.74) is 1.17. The third-order valence-corrected chi connectivity index (χ3v) is 5.04. The molecule has 0 aliphatic carbocycles. The number of rotatable bonds is 9. The van der Waals surface area contributed by atoms with Crippen molar-refractivity contribution in [3.05, 3.63) is 29.8 Å². The van der Waals surface area contributed by atoms with Crippen molar-refractivity contribution in [1.29, 1.82) is 0 Å². The van der Waals surface area contributed by atoms with E-state index in [2.05, 4.69) is 47.1 Å². The smallest absolute Gasteiger partial charge is 0.193 e. The molecular weight excluding hydrogens is 338 g/mol. The molecule has 2 rings (SSSR count). The fraction of sp³-hybridized carbons (Fsp3) is 0.667. The number of unbranched alkanes of at least 4 members (excludes halogenated alkanes) is 1. The number of nitrogens with one attached hydrogen (secondary N) is 1. The van der Waals surface area contributed by atoms with Gasteiger partial charge in [-0.25, -0.2) is 0 Å². The molecule has 0 unspecified atom stereocenters. The molecule has 0 atom stereocenters. The van der Waals surface area contributed by atoms with Gasteiger partial charge in [0.2, 0.25) is 0 Å². The summed E-state index contributed by atoms with van der Waals surface area (Å²) in [6.45, 7) is 10.6. The number of benzene rings is 1. The molecule has 1 aliphatic rings. The fourth-order valence-electron chi connectivity index (χ4n) is 3.34. The molecule has 152 valence electrons. The Morgan fingerprint density at radius 1 is 1.19 bits per heavy atom. The Bertz CT molecular complexity index is 569. The van der Waals surface area contributed by atoms with Crippen molar-refractivity contribution in [2.45, 2.75) is 26.3 Å². The van der Waals surface area contributed by atoms with Gasteiger partial charge in [0.05, 0.1) is 7.11 Å². The molecule has 1 aromatic carbocycles. The summed E-state index contributed by atoms with van der Waals surface area (Å²) in [6.07, 6.45) is 2.34. The van der Waals surface area contributed by atoms with Crippen molar-refractivity contribution in [2.75, 3.05) is 67.0 Å². The van der Waals surface area contributed by atoms with Gasteiger partial charge in [0.1, 0.15) is 5.75 Å². The first-order chi connectivity index (χ1) is 13.1. The third-order valence-electron chi connectivity index (χ3n) is 5.04. The molecule has 6 nitrogen and oxygen atoms in total. The van der Waals surface area contributed by atoms with E-state index in [1.54, 1.807) is 7.11 Å². The Morgan fingerprint density at radius 3 is 2.63 bits per heavy atom. The van der Waals surface area contributed by atoms with Crippen molar-refractivity contribution in [3.8, 4) is 5.75 Å². The number of likely N-dealkylation sites (N-methyl/N-ethyl adjacent to an activating group) is 1. The van der Waals surface area contributed by atoms with Crippen LogP contribution in [-0.2, 0) is 6.54 Å². The Morgan fingerprint density at radius 2 is 1.93 bits per heavy atom. The number of guanidine groups is 1. The van der Waals surface area contributed by atoms with E-state index in [0.717, 1.165) is 37.8 Å². The highest BCUT2D eigenvalue weighted by molar-refractivity contribution is 5.79. The minimum atomic E-state index is 0.775. The molecule has 1 N–H and O–H groups in total. The van der Waals surface area contributed by atoms with Crippen LogP contribution >= 0.6 is 0 Å². The van der Waals surface area contributed by atoms with E-state index in [0.29, 0.717) is 0 Å². The van der Waals surface area contributed by atoms with Gasteiger partial charge in [-0.2, -0.15) is 0 Å². The van der Waals surface area contributed by atoms with Gasteiger partial charge in [-0.05, 0) is 39.4 Å². The topological polar surface area (TPSA) is 43.3 Å². The Balaban J connectivity index is 1.78. The average molecular weight is 376 g/mol. The maximum absolute atomic E-state index is 5.47. The van der Waals surface area contributed by atoms with E-state index in [1.165, 1.54) is 44.7 Å². The summed E-state index contributed by atoms with van der Waals surface area (Å²) in [6, 6.07) is 8.16. The molecule has 1 aromatic rings. The number of methoxy groups -OCH3 is 1. The summed E-state index contributed by atoms with van der Waals surface area (Å²) < 4.78 is 5.47. The zero-order chi connectivity index (χ0) is 19.5. The lowest BCUT2D eigenvalue weighted by Crippen LogP contribution is -2.44. The number of piperazine rings is 1. The lowest BCUT2D eigenvalue weighted by atomic mass is 10.2. The van der Waals surface area contributed by atoms with E-state index in [9.17, 15) is 0 Å². The number of hydrogen-bond acceptors (Lipinski definition) is 4. The molecule has 0 amide bonds. The Kier molecular flexibility index (Phi) is 9.42. The normalized spacial score (nSPS) is 16.4. The first kappa shape index (κ1) is 21.5. The molecule has 0 bridgehead atoms. The fourth-order valence-corrected chi connectivity index (χ4v) is 3.34. The molecule has 1 saturated heterocycles. The predicted octanol–water partition coefficient (Wildman–Crippen LogP) is 2.12. The Labute approximate surface area is 165 Å². The maximum Gasteiger partial charge on any atom is 0.193 e. The molecule has 6 heteroatoms. The highest BCUT2D eigenvalue weighted by Gasteiger charge is 2.13. The minimum absolute atomic E-state index is 0.775. The average Bonchev–Trinajstić information content (AvgIpc) is 2.68. The Hall–Kier alpha value is -1.79. The minimum Gasteiger partial charge on any atom is -0.496 e. The highest BCUT2D eigenvalue weighted by Crippen LogP contribution is 2.18. The summed E-state index contributed by atoms with van der Waals surface area (Å²) >= 11 is 0. The summed E-state index contributed by atoms with van der Waals surface area (Å²) in [5, 5.41) is 3.40. The SMILES string of the molecule is CCNC(=NCCCCN1CCN(C)CC1)N(C)Cc1ccccc1OC. The van der Waals surface area contributed by atoms with Gasteiger partial charge < -0.3 is 24.8 Å². The van der Waals surface area contributed by atoms with Crippen LogP contribution in [0.5, 0.6) is 5.75 Å². The first-order valence-corrected chi connectivity index (χ1v) is 10.2. The van der Waals surface area contributed by atoms with Crippen LogP contribution in [0.2, 0.25) is 0 Å². The molecule has 1 aliphatic heterocycles. The van der Waals surface area contributed by atoms with Crippen LogP contribution in [-0.4, -0.2) is 87.7 Å². The molecule has 1 fully saturated rings. The van der Waals surface area contributed by atoms with Crippen LogP contribution in [0.15, 0.2) is 29.3 Å². The molecule has 27 heavy (non-hydrogen) atoms. The monoisotopic (exact) mass is 375 g/mol. The lowest BCUT2D eigenvalue weighted by Gasteiger charge is -2.32. The van der Waals surface area contributed by atoms with Crippen molar-refractivity contribution in [3.63, 3.8) is 0 Å². The summed E-state index contributed by atoms with van der Waals surface area (Å²) in [7, 11) is 6.01. The van der Waals surface area contributed by atoms with Crippen LogP contribution in [0.25, 0.3) is 0 Å². The molecule has 1 heterocycles. The number of hydrogen-bond donors (Lipinski definition) is 1. The zero-order valence-corrected chi connectivity index (χ0v) is 17.6. The number of ether oxygens (including phenoxy) is 1. The first-order valence-electron chi connectivity index (χ1n) is 10.2. The largest absolute Gasteiger partial charge is 0.496 e. The standard InChI is InChI=1S/C21H37N5O/c1-5-22-21(25(3)18-19-10-6-7-11-20(19)27-4)23-12-8-9-13-26-16-14-24(2)15-17-26/h6-7,10-11H,5,8-9,12-18H2,1-4H3,(H,22,23). The van der Waals surface area contributed by atoms with E-state index in [4.69, 9.17) is 9.73 Å². The number of aliphatic imine (C=N–C) groups is 1. The van der Waals surface area contributed by atoms with Crippen LogP contribution in [0.1, 0.15) is 25.3 Å². The molecule has 0 radical (unpaired) electrons. The number of nitrogens with zero attached hydrogens (tertiary/aromatic N) is 4. The predicted molar refractivity (Wildman–Crippen MR) is 114 cm³/mol. The maximum atomic E-state index is 5.47. The lowest BCUT2D eigenvalue weighted by molar-refractivity contribution is 0.152. The molecule has 0 aromatic heterocycles. The van der Waals surface area contributed by atoms with E-state index in [-0.39, 0.29) is 0 Å². The molecule has 0 saturated carbocycles. The van der Waals surface area contributed by atoms with Crippen molar-refractivity contribution in [1.82, 2.24) is 20.0 Å². The van der Waals surface area contributed by atoms with Gasteiger partial charge in [-0.15, -0.1) is 0 Å². The van der Waals surface area contributed by atoms with Crippen molar-refractivity contribution >= 4 is 5.96 Å². The summed E-state index contributed by atoms with van der Waals surface area (Å²) in [5.74, 6) is 1.88. The summed E-state index contributed by atoms with van der Waals surface area (Å²) in [4.78, 5) is 12.0. The zero-order valence-electron chi connectivity index (χ0n) is 17.6. The van der Waals surface area contributed by atoms with Gasteiger partial charge in [-0.1, -0.05) is 18.2 Å². The van der Waals surface area contributed by atoms with Crippen LogP contribution in [0.3, 0.4) is 0 Å². The van der Waals surface area contributed by atoms with Crippen LogP contribution in [0.4, 0.5) is 0 Å². The number of para-hydroxylation sites is 1. The molecule has 0 spiro atoms. The highest BCUT2D eigenvalue weighted by atomic mass is 16.5. The van der Waals surface area contributed by atoms with Crippen molar-refractivity contribution < 1.29 is 4.74 Å². The van der Waals surface area contributed by atoms with Gasteiger partial charge in [-0.3, -0.25) is 4.99 Å². The second kappa shape index (κ2) is 11.8. The van der Waals surface area contributed by atoms with E-state index >= 15 is 0 Å².